The lowest BCUT2D eigenvalue weighted by Gasteiger charge is -2.04. The van der Waals surface area contributed by atoms with E-state index in [4.69, 9.17) is 11.2 Å². The summed E-state index contributed by atoms with van der Waals surface area (Å²) < 4.78 is 45.6. The zero-order valence-corrected chi connectivity index (χ0v) is 17.1. The third kappa shape index (κ3) is 4.72. The first-order valence-corrected chi connectivity index (χ1v) is 11.0. The molecule has 3 aromatic rings. The number of aromatic nitrogens is 1. The normalized spacial score (nSPS) is 12.1. The van der Waals surface area contributed by atoms with E-state index in [1.165, 1.54) is 43.5 Å². The van der Waals surface area contributed by atoms with Crippen molar-refractivity contribution in [3.63, 3.8) is 0 Å². The maximum absolute atomic E-state index is 13.5. The summed E-state index contributed by atoms with van der Waals surface area (Å²) in [6.07, 6.45) is 5.10. The van der Waals surface area contributed by atoms with E-state index in [0.717, 1.165) is 11.3 Å². The van der Waals surface area contributed by atoms with Crippen LogP contribution in [0.1, 0.15) is 6.42 Å². The summed E-state index contributed by atoms with van der Waals surface area (Å²) in [6.45, 7) is 0.155. The minimum absolute atomic E-state index is 0.103. The van der Waals surface area contributed by atoms with Crippen molar-refractivity contribution < 1.29 is 22.3 Å². The molecule has 1 heterocycles. The van der Waals surface area contributed by atoms with Crippen LogP contribution in [0.3, 0.4) is 0 Å². The van der Waals surface area contributed by atoms with Crippen LogP contribution >= 0.6 is 11.3 Å². The van der Waals surface area contributed by atoms with Gasteiger partial charge in [-0.15, -0.1) is 6.42 Å². The number of amides is 1. The van der Waals surface area contributed by atoms with Gasteiger partial charge in [-0.05, 0) is 42.5 Å². The highest BCUT2D eigenvalue weighted by Gasteiger charge is 2.17. The molecule has 0 aliphatic heterocycles. The topological polar surface area (TPSA) is 77.7 Å². The summed E-state index contributed by atoms with van der Waals surface area (Å²) in [7, 11) is -2.16. The van der Waals surface area contributed by atoms with E-state index in [1.807, 2.05) is 0 Å². The predicted molar refractivity (Wildman–Crippen MR) is 109 cm³/mol. The number of nitrogens with zero attached hydrogens (tertiary/aromatic N) is 2. The molecule has 0 saturated heterocycles. The number of ether oxygens (including phenoxy) is 1. The second-order valence-electron chi connectivity index (χ2n) is 6.04. The maximum atomic E-state index is 13.5. The van der Waals surface area contributed by atoms with Gasteiger partial charge >= 0.3 is 0 Å². The van der Waals surface area contributed by atoms with Crippen LogP contribution in [-0.4, -0.2) is 31.8 Å². The van der Waals surface area contributed by atoms with Crippen LogP contribution in [-0.2, 0) is 21.2 Å². The molecular formula is C20H17FN2O4S2. The van der Waals surface area contributed by atoms with Crippen LogP contribution in [0.25, 0.3) is 10.2 Å². The first kappa shape index (κ1) is 20.8. The van der Waals surface area contributed by atoms with Crippen molar-refractivity contribution in [1.82, 2.24) is 4.57 Å². The first-order valence-electron chi connectivity index (χ1n) is 8.51. The van der Waals surface area contributed by atoms with Crippen LogP contribution in [0.4, 0.5) is 4.39 Å². The number of terminal acetylenes is 1. The molecule has 6 nitrogen and oxygen atoms in total. The Bertz CT molecular complexity index is 1270. The standard InChI is InChI=1S/C20H17FN2O4S2/c1-3-11-23-17-9-4-14(21)13-18(17)28-20(23)22-19(24)10-12-29(25,26)16-7-5-15(27-2)6-8-16/h1,4-9,13H,10-12H2,2H3. The van der Waals surface area contributed by atoms with Crippen LogP contribution in [0, 0.1) is 18.2 Å². The van der Waals surface area contributed by atoms with Crippen LogP contribution in [0.5, 0.6) is 5.75 Å². The lowest BCUT2D eigenvalue weighted by molar-refractivity contribution is -0.117. The number of carbonyl (C=O) groups excluding carboxylic acids is 1. The van der Waals surface area contributed by atoms with E-state index in [1.54, 1.807) is 10.6 Å². The molecule has 9 heteroatoms. The zero-order chi connectivity index (χ0) is 21.0. The number of hydrogen-bond acceptors (Lipinski definition) is 5. The van der Waals surface area contributed by atoms with Gasteiger partial charge in [0.25, 0.3) is 0 Å². The second kappa shape index (κ2) is 8.59. The Labute approximate surface area is 171 Å². The van der Waals surface area contributed by atoms with Gasteiger partial charge in [0, 0.05) is 6.42 Å². The van der Waals surface area contributed by atoms with Crippen molar-refractivity contribution >= 4 is 37.3 Å². The van der Waals surface area contributed by atoms with E-state index >= 15 is 0 Å². The number of carbonyl (C=O) groups is 1. The molecule has 0 radical (unpaired) electrons. The lowest BCUT2D eigenvalue weighted by atomic mass is 10.3. The summed E-state index contributed by atoms with van der Waals surface area (Å²) in [5.74, 6) is 1.63. The van der Waals surface area contributed by atoms with Crippen molar-refractivity contribution in [3.8, 4) is 18.1 Å². The fraction of sp³-hybridized carbons (Fsp3) is 0.200. The molecule has 0 aliphatic carbocycles. The minimum atomic E-state index is -3.64. The van der Waals surface area contributed by atoms with Crippen molar-refractivity contribution in [2.45, 2.75) is 17.9 Å². The van der Waals surface area contributed by atoms with Gasteiger partial charge in [-0.1, -0.05) is 17.3 Å². The summed E-state index contributed by atoms with van der Waals surface area (Å²) >= 11 is 1.12. The molecule has 0 saturated carbocycles. The average molecular weight is 432 g/mol. The Morgan fingerprint density at radius 2 is 2.00 bits per heavy atom. The third-order valence-corrected chi connectivity index (χ3v) is 6.89. The third-order valence-electron chi connectivity index (χ3n) is 4.12. The number of halogens is 1. The quantitative estimate of drug-likeness (QED) is 0.561. The molecule has 0 atom stereocenters. The SMILES string of the molecule is C#CCn1c(=NC(=O)CCS(=O)(=O)c2ccc(OC)cc2)sc2cc(F)ccc21. The maximum Gasteiger partial charge on any atom is 0.249 e. The number of benzene rings is 2. The van der Waals surface area contributed by atoms with E-state index in [-0.39, 0.29) is 23.6 Å². The van der Waals surface area contributed by atoms with Crippen LogP contribution < -0.4 is 9.54 Å². The van der Waals surface area contributed by atoms with Gasteiger partial charge in [0.05, 0.1) is 34.5 Å². The Balaban J connectivity index is 1.83. The monoisotopic (exact) mass is 432 g/mol. The molecule has 29 heavy (non-hydrogen) atoms. The first-order chi connectivity index (χ1) is 13.8. The van der Waals surface area contributed by atoms with Gasteiger partial charge in [0.2, 0.25) is 5.91 Å². The molecule has 1 amide bonds. The number of fused-ring (bicyclic) bond motifs is 1. The van der Waals surface area contributed by atoms with Gasteiger partial charge in [0.15, 0.2) is 14.6 Å². The number of methoxy groups -OCH3 is 1. The molecular weight excluding hydrogens is 415 g/mol. The van der Waals surface area contributed by atoms with Crippen LogP contribution in [0.2, 0.25) is 0 Å². The number of thiazole rings is 1. The van der Waals surface area contributed by atoms with Crippen molar-refractivity contribution in [2.24, 2.45) is 4.99 Å². The Morgan fingerprint density at radius 1 is 1.28 bits per heavy atom. The zero-order valence-electron chi connectivity index (χ0n) is 15.5. The number of rotatable bonds is 6. The summed E-state index contributed by atoms with van der Waals surface area (Å²) in [5, 5.41) is 0. The fourth-order valence-corrected chi connectivity index (χ4v) is 4.96. The number of hydrogen-bond donors (Lipinski definition) is 0. The molecule has 0 N–H and O–H groups in total. The molecule has 150 valence electrons. The fourth-order valence-electron chi connectivity index (χ4n) is 2.66. The van der Waals surface area contributed by atoms with Gasteiger partial charge in [-0.3, -0.25) is 4.79 Å². The largest absolute Gasteiger partial charge is 0.497 e. The molecule has 1 aromatic heterocycles. The van der Waals surface area contributed by atoms with Gasteiger partial charge in [0.1, 0.15) is 11.6 Å². The highest BCUT2D eigenvalue weighted by Crippen LogP contribution is 2.19. The van der Waals surface area contributed by atoms with Crippen molar-refractivity contribution in [1.29, 1.82) is 0 Å². The van der Waals surface area contributed by atoms with Crippen LogP contribution in [0.15, 0.2) is 52.4 Å². The highest BCUT2D eigenvalue weighted by atomic mass is 32.2. The van der Waals surface area contributed by atoms with Crippen molar-refractivity contribution in [3.05, 3.63) is 53.1 Å². The molecule has 0 spiro atoms. The van der Waals surface area contributed by atoms with Crippen molar-refractivity contribution in [2.75, 3.05) is 12.9 Å². The smallest absolute Gasteiger partial charge is 0.249 e. The molecule has 0 unspecified atom stereocenters. The average Bonchev–Trinajstić information content (AvgIpc) is 3.03. The predicted octanol–water partition coefficient (Wildman–Crippen LogP) is 2.78. The molecule has 3 rings (SSSR count). The van der Waals surface area contributed by atoms with Gasteiger partial charge in [-0.25, -0.2) is 12.8 Å². The summed E-state index contributed by atoms with van der Waals surface area (Å²) in [4.78, 5) is 16.7. The number of sulfone groups is 1. The molecule has 0 bridgehead atoms. The van der Waals surface area contributed by atoms with E-state index in [2.05, 4.69) is 10.9 Å². The molecule has 0 fully saturated rings. The summed E-state index contributed by atoms with van der Waals surface area (Å²) in [6, 6.07) is 10.1. The highest BCUT2D eigenvalue weighted by molar-refractivity contribution is 7.91. The van der Waals surface area contributed by atoms with Gasteiger partial charge in [-0.2, -0.15) is 4.99 Å². The minimum Gasteiger partial charge on any atom is -0.497 e. The Kier molecular flexibility index (Phi) is 6.15. The van der Waals surface area contributed by atoms with Gasteiger partial charge < -0.3 is 9.30 Å². The summed E-state index contributed by atoms with van der Waals surface area (Å²) in [5.41, 5.74) is 0.659. The molecule has 0 aliphatic rings. The Morgan fingerprint density at radius 3 is 2.66 bits per heavy atom. The van der Waals surface area contributed by atoms with E-state index in [9.17, 15) is 17.6 Å². The van der Waals surface area contributed by atoms with E-state index in [0.29, 0.717) is 20.8 Å². The molecule has 2 aromatic carbocycles. The lowest BCUT2D eigenvalue weighted by Crippen LogP contribution is -2.18. The Hall–Kier alpha value is -2.96. The second-order valence-corrected chi connectivity index (χ2v) is 9.16. The van der Waals surface area contributed by atoms with E-state index < -0.39 is 21.6 Å².